The van der Waals surface area contributed by atoms with Crippen molar-refractivity contribution < 1.29 is 13.9 Å². The van der Waals surface area contributed by atoms with Crippen LogP contribution >= 0.6 is 0 Å². The predicted molar refractivity (Wildman–Crippen MR) is 76.8 cm³/mol. The monoisotopic (exact) mass is 289 g/mol. The van der Waals surface area contributed by atoms with E-state index in [0.29, 0.717) is 11.4 Å². The van der Waals surface area contributed by atoms with Crippen LogP contribution in [0.15, 0.2) is 29.2 Å². The molecule has 1 aromatic carbocycles. The van der Waals surface area contributed by atoms with Crippen LogP contribution in [0.5, 0.6) is 0 Å². The fourth-order valence-electron chi connectivity index (χ4n) is 2.45. The van der Waals surface area contributed by atoms with Gasteiger partial charge in [-0.2, -0.15) is 0 Å². The number of aromatic nitrogens is 1. The summed E-state index contributed by atoms with van der Waals surface area (Å²) in [6.07, 6.45) is 3.83. The lowest BCUT2D eigenvalue weighted by atomic mass is 10.1. The van der Waals surface area contributed by atoms with Gasteiger partial charge in [0.1, 0.15) is 11.4 Å². The van der Waals surface area contributed by atoms with Gasteiger partial charge in [0.2, 0.25) is 5.43 Å². The first-order chi connectivity index (χ1) is 10.1. The molecule has 4 nitrogen and oxygen atoms in total. The highest BCUT2D eigenvalue weighted by molar-refractivity contribution is 5.93. The smallest absolute Gasteiger partial charge is 0.343 e. The molecule has 0 unspecified atom stereocenters. The van der Waals surface area contributed by atoms with Crippen molar-refractivity contribution in [2.24, 2.45) is 5.92 Å². The summed E-state index contributed by atoms with van der Waals surface area (Å²) in [5.41, 5.74) is 0.145. The van der Waals surface area contributed by atoms with Gasteiger partial charge in [-0.25, -0.2) is 9.18 Å². The summed E-state index contributed by atoms with van der Waals surface area (Å²) in [5.74, 6) is -0.576. The van der Waals surface area contributed by atoms with Gasteiger partial charge < -0.3 is 9.30 Å². The minimum Gasteiger partial charge on any atom is -0.462 e. The molecular weight excluding hydrogens is 273 g/mol. The highest BCUT2D eigenvalue weighted by atomic mass is 19.1. The molecule has 1 saturated carbocycles. The molecule has 1 heterocycles. The number of carbonyl (C=O) groups excluding carboxylic acids is 1. The number of nitrogens with zero attached hydrogens (tertiary/aromatic N) is 1. The van der Waals surface area contributed by atoms with Crippen molar-refractivity contribution in [3.8, 4) is 0 Å². The van der Waals surface area contributed by atoms with Crippen molar-refractivity contribution in [1.82, 2.24) is 4.57 Å². The molecule has 2 aromatic rings. The number of ether oxygens (including phenoxy) is 1. The molecule has 1 aromatic heterocycles. The lowest BCUT2D eigenvalue weighted by Crippen LogP contribution is -2.21. The van der Waals surface area contributed by atoms with Gasteiger partial charge in [-0.15, -0.1) is 0 Å². The zero-order valence-corrected chi connectivity index (χ0v) is 11.8. The van der Waals surface area contributed by atoms with Crippen LogP contribution in [0.2, 0.25) is 0 Å². The molecule has 0 bridgehead atoms. The molecule has 1 aliphatic carbocycles. The molecule has 0 amide bonds. The Hall–Kier alpha value is -2.17. The summed E-state index contributed by atoms with van der Waals surface area (Å²) in [6.45, 7) is 2.61. The molecule has 21 heavy (non-hydrogen) atoms. The number of hydrogen-bond donors (Lipinski definition) is 0. The number of fused-ring (bicyclic) bond motifs is 1. The van der Waals surface area contributed by atoms with Crippen molar-refractivity contribution in [2.45, 2.75) is 26.3 Å². The largest absolute Gasteiger partial charge is 0.462 e. The van der Waals surface area contributed by atoms with Crippen molar-refractivity contribution in [2.75, 3.05) is 6.61 Å². The van der Waals surface area contributed by atoms with Crippen molar-refractivity contribution in [3.05, 3.63) is 46.0 Å². The van der Waals surface area contributed by atoms with Gasteiger partial charge in [0, 0.05) is 18.1 Å². The zero-order chi connectivity index (χ0) is 15.0. The van der Waals surface area contributed by atoms with Crippen LogP contribution < -0.4 is 5.43 Å². The van der Waals surface area contributed by atoms with E-state index < -0.39 is 17.2 Å². The molecule has 0 spiro atoms. The Bertz CT molecular complexity index is 762. The third-order valence-electron chi connectivity index (χ3n) is 3.69. The minimum atomic E-state index is -0.654. The van der Waals surface area contributed by atoms with E-state index in [4.69, 9.17) is 4.74 Å². The number of carbonyl (C=O) groups is 1. The molecule has 0 saturated heterocycles. The molecule has 0 aliphatic heterocycles. The van der Waals surface area contributed by atoms with Gasteiger partial charge in [0.15, 0.2) is 0 Å². The highest BCUT2D eigenvalue weighted by Crippen LogP contribution is 2.31. The van der Waals surface area contributed by atoms with Crippen molar-refractivity contribution in [1.29, 1.82) is 0 Å². The second-order valence-electron chi connectivity index (χ2n) is 5.35. The minimum absolute atomic E-state index is 0.0319. The molecule has 5 heteroatoms. The van der Waals surface area contributed by atoms with Gasteiger partial charge in [-0.05, 0) is 43.9 Å². The first-order valence-corrected chi connectivity index (χ1v) is 7.10. The van der Waals surface area contributed by atoms with E-state index in [0.717, 1.165) is 19.4 Å². The molecular formula is C16H16FNO3. The maximum atomic E-state index is 13.4. The fraction of sp³-hybridized carbons (Fsp3) is 0.375. The first-order valence-electron chi connectivity index (χ1n) is 7.10. The second-order valence-corrected chi connectivity index (χ2v) is 5.35. The summed E-state index contributed by atoms with van der Waals surface area (Å²) in [5, 5.41) is 0.223. The Balaban J connectivity index is 2.20. The number of hydrogen-bond acceptors (Lipinski definition) is 3. The van der Waals surface area contributed by atoms with Gasteiger partial charge >= 0.3 is 5.97 Å². The summed E-state index contributed by atoms with van der Waals surface area (Å²) < 4.78 is 20.2. The van der Waals surface area contributed by atoms with E-state index in [2.05, 4.69) is 0 Å². The van der Waals surface area contributed by atoms with Crippen LogP contribution in [-0.2, 0) is 11.3 Å². The number of rotatable bonds is 4. The van der Waals surface area contributed by atoms with E-state index in [1.165, 1.54) is 12.1 Å². The normalized spacial score (nSPS) is 14.4. The quantitative estimate of drug-likeness (QED) is 0.813. The van der Waals surface area contributed by atoms with E-state index >= 15 is 0 Å². The molecule has 0 atom stereocenters. The lowest BCUT2D eigenvalue weighted by Gasteiger charge is -2.12. The van der Waals surface area contributed by atoms with Crippen molar-refractivity contribution in [3.63, 3.8) is 0 Å². The SMILES string of the molecule is CCOC(=O)c1cn(CC2CC2)c2ccc(F)cc2c1=O. The average molecular weight is 289 g/mol. The maximum Gasteiger partial charge on any atom is 0.343 e. The Morgan fingerprint density at radius 3 is 2.86 bits per heavy atom. The van der Waals surface area contributed by atoms with Crippen LogP contribution in [-0.4, -0.2) is 17.1 Å². The van der Waals surface area contributed by atoms with Crippen LogP contribution in [0.25, 0.3) is 10.9 Å². The number of halogens is 1. The van der Waals surface area contributed by atoms with Gasteiger partial charge in [0.05, 0.1) is 12.1 Å². The molecule has 110 valence electrons. The van der Waals surface area contributed by atoms with Gasteiger partial charge in [-0.3, -0.25) is 4.79 Å². The fourth-order valence-corrected chi connectivity index (χ4v) is 2.45. The highest BCUT2D eigenvalue weighted by Gasteiger charge is 2.24. The molecule has 1 fully saturated rings. The van der Waals surface area contributed by atoms with Crippen LogP contribution in [0, 0.1) is 11.7 Å². The Kier molecular flexibility index (Phi) is 3.49. The summed E-state index contributed by atoms with van der Waals surface area (Å²) >= 11 is 0. The first kappa shape index (κ1) is 13.8. The van der Waals surface area contributed by atoms with E-state index in [1.807, 2.05) is 4.57 Å². The number of benzene rings is 1. The maximum absolute atomic E-state index is 13.4. The second kappa shape index (κ2) is 5.31. The molecule has 1 aliphatic rings. The average Bonchev–Trinajstić information content (AvgIpc) is 3.26. The van der Waals surface area contributed by atoms with Crippen molar-refractivity contribution >= 4 is 16.9 Å². The van der Waals surface area contributed by atoms with Crippen LogP contribution in [0.4, 0.5) is 4.39 Å². The van der Waals surface area contributed by atoms with E-state index in [-0.39, 0.29) is 17.6 Å². The van der Waals surface area contributed by atoms with E-state index in [1.54, 1.807) is 19.2 Å². The standard InChI is InChI=1S/C16H16FNO3/c1-2-21-16(20)13-9-18(8-10-3-4-10)14-6-5-11(17)7-12(14)15(13)19/h5-7,9-10H,2-4,8H2,1H3. The van der Waals surface area contributed by atoms with Crippen LogP contribution in [0.3, 0.4) is 0 Å². The third-order valence-corrected chi connectivity index (χ3v) is 3.69. The third kappa shape index (κ3) is 2.68. The van der Waals surface area contributed by atoms with Gasteiger partial charge in [0.25, 0.3) is 0 Å². The van der Waals surface area contributed by atoms with Gasteiger partial charge in [-0.1, -0.05) is 0 Å². The topological polar surface area (TPSA) is 48.3 Å². The Morgan fingerprint density at radius 2 is 2.19 bits per heavy atom. The predicted octanol–water partition coefficient (Wildman–Crippen LogP) is 2.73. The molecule has 3 rings (SSSR count). The zero-order valence-electron chi connectivity index (χ0n) is 11.8. The summed E-state index contributed by atoms with van der Waals surface area (Å²) in [6, 6.07) is 4.10. The summed E-state index contributed by atoms with van der Waals surface area (Å²) in [7, 11) is 0. The number of esters is 1. The summed E-state index contributed by atoms with van der Waals surface area (Å²) in [4.78, 5) is 24.3. The van der Waals surface area contributed by atoms with E-state index in [9.17, 15) is 14.0 Å². The molecule has 0 N–H and O–H groups in total. The Labute approximate surface area is 121 Å². The lowest BCUT2D eigenvalue weighted by molar-refractivity contribution is 0.0524. The van der Waals surface area contributed by atoms with Crippen LogP contribution in [0.1, 0.15) is 30.1 Å². The molecule has 0 radical (unpaired) electrons. The number of pyridine rings is 1. The Morgan fingerprint density at radius 1 is 1.43 bits per heavy atom.